The second-order valence-corrected chi connectivity index (χ2v) is 16.7. The predicted octanol–water partition coefficient (Wildman–Crippen LogP) is 14.1. The summed E-state index contributed by atoms with van der Waals surface area (Å²) in [5, 5.41) is 6.36. The van der Waals surface area contributed by atoms with Gasteiger partial charge in [0.1, 0.15) is 17.3 Å². The maximum Gasteiger partial charge on any atom is 0.134 e. The van der Waals surface area contributed by atoms with Crippen molar-refractivity contribution < 1.29 is 4.74 Å². The van der Waals surface area contributed by atoms with E-state index in [-0.39, 0.29) is 6.04 Å². The summed E-state index contributed by atoms with van der Waals surface area (Å²) in [7, 11) is 0. The van der Waals surface area contributed by atoms with Crippen LogP contribution in [0.1, 0.15) is 45.0 Å². The van der Waals surface area contributed by atoms with Crippen LogP contribution in [0.3, 0.4) is 0 Å². The first kappa shape index (κ1) is 35.5. The molecule has 13 rings (SSSR count). The van der Waals surface area contributed by atoms with Crippen LogP contribution < -0.4 is 10.1 Å². The van der Waals surface area contributed by atoms with Crippen LogP contribution in [0.5, 0.6) is 11.5 Å². The van der Waals surface area contributed by atoms with E-state index in [4.69, 9.17) is 9.73 Å². The second-order valence-electron chi connectivity index (χ2n) is 16.7. The van der Waals surface area contributed by atoms with Crippen LogP contribution in [-0.2, 0) is 5.41 Å². The summed E-state index contributed by atoms with van der Waals surface area (Å²) >= 11 is 0. The number of rotatable bonds is 5. The Kier molecular flexibility index (Phi) is 7.85. The number of para-hydroxylation sites is 4. The first-order valence-corrected chi connectivity index (χ1v) is 21.7. The Morgan fingerprint density at radius 2 is 1.03 bits per heavy atom. The van der Waals surface area contributed by atoms with Crippen LogP contribution in [0, 0.1) is 0 Å². The molecule has 0 saturated carbocycles. The van der Waals surface area contributed by atoms with Crippen LogP contribution in [0.15, 0.2) is 229 Å². The van der Waals surface area contributed by atoms with Gasteiger partial charge in [0.05, 0.1) is 28.2 Å². The van der Waals surface area contributed by atoms with E-state index in [9.17, 15) is 0 Å². The fourth-order valence-electron chi connectivity index (χ4n) is 10.6. The third-order valence-electron chi connectivity index (χ3n) is 13.3. The molecule has 10 aromatic rings. The molecule has 0 bridgehead atoms. The van der Waals surface area contributed by atoms with Crippen molar-refractivity contribution in [1.82, 2.24) is 9.88 Å². The summed E-state index contributed by atoms with van der Waals surface area (Å²) in [5.74, 6) is 2.59. The zero-order valence-corrected chi connectivity index (χ0v) is 34.2. The molecule has 1 spiro atoms. The highest BCUT2D eigenvalue weighted by atomic mass is 16.5. The number of hydrogen-bond donors (Lipinski definition) is 1. The van der Waals surface area contributed by atoms with Gasteiger partial charge in [-0.2, -0.15) is 0 Å². The molecule has 4 nitrogen and oxygen atoms in total. The molecule has 3 heterocycles. The third kappa shape index (κ3) is 5.31. The lowest BCUT2D eigenvalue weighted by Crippen LogP contribution is -2.34. The average molecular weight is 806 g/mol. The van der Waals surface area contributed by atoms with Crippen molar-refractivity contribution in [3.63, 3.8) is 0 Å². The van der Waals surface area contributed by atoms with Crippen molar-refractivity contribution in [2.45, 2.75) is 11.5 Å². The van der Waals surface area contributed by atoms with Crippen molar-refractivity contribution in [2.24, 2.45) is 4.99 Å². The SMILES string of the molecule is C1=C(c2cccc3c2C2(c4ccccc4Oc4ccccc42)c2ccccc2-3)N=C(c2ccc(-c3cccc(-n4c5ccccc5c5ccccc54)c3)cc2)NC1c1ccccc1. The van der Waals surface area contributed by atoms with E-state index in [2.05, 4.69) is 234 Å². The minimum Gasteiger partial charge on any atom is -0.457 e. The molecule has 1 aromatic heterocycles. The summed E-state index contributed by atoms with van der Waals surface area (Å²) in [6, 6.07) is 78.4. The molecule has 0 saturated heterocycles. The van der Waals surface area contributed by atoms with Crippen molar-refractivity contribution in [3.05, 3.63) is 263 Å². The monoisotopic (exact) mass is 805 g/mol. The number of amidine groups is 1. The van der Waals surface area contributed by atoms with E-state index in [1.165, 1.54) is 49.6 Å². The lowest BCUT2D eigenvalue weighted by Gasteiger charge is -2.40. The Morgan fingerprint density at radius 1 is 0.460 bits per heavy atom. The van der Waals surface area contributed by atoms with Gasteiger partial charge in [-0.15, -0.1) is 0 Å². The number of aromatic nitrogens is 1. The molecular formula is C59H39N3O. The highest BCUT2D eigenvalue weighted by Gasteiger charge is 2.52. The predicted molar refractivity (Wildman–Crippen MR) is 257 cm³/mol. The molecule has 1 N–H and O–H groups in total. The van der Waals surface area contributed by atoms with Gasteiger partial charge >= 0.3 is 0 Å². The number of hydrogen-bond acceptors (Lipinski definition) is 3. The number of nitrogens with zero attached hydrogens (tertiary/aromatic N) is 2. The second kappa shape index (κ2) is 13.9. The van der Waals surface area contributed by atoms with Gasteiger partial charge in [0.2, 0.25) is 0 Å². The minimum atomic E-state index is -0.618. The fourth-order valence-corrected chi connectivity index (χ4v) is 10.6. The van der Waals surface area contributed by atoms with Gasteiger partial charge in [0.25, 0.3) is 0 Å². The van der Waals surface area contributed by atoms with E-state index in [0.717, 1.165) is 62.1 Å². The molecule has 296 valence electrons. The number of aliphatic imine (C=N–C) groups is 1. The van der Waals surface area contributed by atoms with Gasteiger partial charge in [0.15, 0.2) is 0 Å². The molecule has 2 aliphatic heterocycles. The molecule has 1 unspecified atom stereocenters. The van der Waals surface area contributed by atoms with Gasteiger partial charge in [0, 0.05) is 38.7 Å². The first-order chi connectivity index (χ1) is 31.2. The first-order valence-electron chi connectivity index (χ1n) is 21.7. The highest BCUT2D eigenvalue weighted by molar-refractivity contribution is 6.09. The summed E-state index contributed by atoms with van der Waals surface area (Å²) < 4.78 is 9.05. The number of fused-ring (bicyclic) bond motifs is 12. The molecule has 3 aliphatic rings. The number of nitrogens with one attached hydrogen (secondary N) is 1. The molecule has 9 aromatic carbocycles. The van der Waals surface area contributed by atoms with E-state index in [1.807, 2.05) is 0 Å². The standard InChI is InChI=1S/C59H39N3O/c1-2-16-39(17-3-1)51-37-52(47-24-15-23-46-43-20-4-7-25-48(43)59(57(46)47)49-26-8-12-30-55(49)63-56-31-13-9-27-50(56)59)61-58(60-51)40-34-32-38(33-35-40)41-18-14-19-42(36-41)62-53-28-10-5-21-44(53)45-22-6-11-29-54(45)62/h1-37,51H,(H,60,61). The molecule has 0 radical (unpaired) electrons. The zero-order valence-electron chi connectivity index (χ0n) is 34.2. The topological polar surface area (TPSA) is 38.5 Å². The lowest BCUT2D eigenvalue weighted by molar-refractivity contribution is 0.436. The Balaban J connectivity index is 0.953. The fraction of sp³-hybridized carbons (Fsp3) is 0.0339. The minimum absolute atomic E-state index is 0.110. The molecule has 1 aliphatic carbocycles. The van der Waals surface area contributed by atoms with Crippen LogP contribution in [-0.4, -0.2) is 10.4 Å². The van der Waals surface area contributed by atoms with Crippen LogP contribution in [0.4, 0.5) is 0 Å². The van der Waals surface area contributed by atoms with Crippen molar-refractivity contribution >= 4 is 33.3 Å². The molecule has 4 heteroatoms. The smallest absolute Gasteiger partial charge is 0.134 e. The van der Waals surface area contributed by atoms with E-state index >= 15 is 0 Å². The summed E-state index contributed by atoms with van der Waals surface area (Å²) in [5.41, 5.74) is 16.7. The van der Waals surface area contributed by atoms with Gasteiger partial charge in [-0.25, -0.2) is 4.99 Å². The van der Waals surface area contributed by atoms with E-state index < -0.39 is 5.41 Å². The van der Waals surface area contributed by atoms with E-state index in [0.29, 0.717) is 0 Å². The number of benzene rings is 9. The molecule has 0 amide bonds. The van der Waals surface area contributed by atoms with Crippen LogP contribution in [0.2, 0.25) is 0 Å². The summed E-state index contributed by atoms with van der Waals surface area (Å²) in [4.78, 5) is 5.57. The third-order valence-corrected chi connectivity index (χ3v) is 13.3. The zero-order chi connectivity index (χ0) is 41.5. The number of ether oxygens (including phenoxy) is 1. The normalized spacial score (nSPS) is 15.4. The molecular weight excluding hydrogens is 767 g/mol. The summed E-state index contributed by atoms with van der Waals surface area (Å²) in [6.07, 6.45) is 2.30. The quantitative estimate of drug-likeness (QED) is 0.188. The van der Waals surface area contributed by atoms with Gasteiger partial charge in [-0.3, -0.25) is 0 Å². The Bertz CT molecular complexity index is 3420. The van der Waals surface area contributed by atoms with Crippen molar-refractivity contribution in [1.29, 1.82) is 0 Å². The van der Waals surface area contributed by atoms with Crippen molar-refractivity contribution in [3.8, 4) is 39.4 Å². The van der Waals surface area contributed by atoms with Crippen LogP contribution >= 0.6 is 0 Å². The molecule has 1 atom stereocenters. The maximum absolute atomic E-state index is 6.68. The molecule has 63 heavy (non-hydrogen) atoms. The van der Waals surface area contributed by atoms with Gasteiger partial charge in [-0.05, 0) is 81.4 Å². The van der Waals surface area contributed by atoms with Gasteiger partial charge < -0.3 is 14.6 Å². The van der Waals surface area contributed by atoms with Crippen LogP contribution in [0.25, 0.3) is 55.4 Å². The average Bonchev–Trinajstić information content (AvgIpc) is 3.85. The maximum atomic E-state index is 6.68. The van der Waals surface area contributed by atoms with E-state index in [1.54, 1.807) is 0 Å². The Morgan fingerprint density at radius 3 is 1.76 bits per heavy atom. The summed E-state index contributed by atoms with van der Waals surface area (Å²) in [6.45, 7) is 0. The highest BCUT2D eigenvalue weighted by Crippen LogP contribution is 2.63. The lowest BCUT2D eigenvalue weighted by atomic mass is 9.65. The Labute approximate surface area is 365 Å². The van der Waals surface area contributed by atoms with Gasteiger partial charge in [-0.1, -0.05) is 182 Å². The Hall–Kier alpha value is -8.21. The van der Waals surface area contributed by atoms with Crippen molar-refractivity contribution in [2.75, 3.05) is 0 Å². The largest absolute Gasteiger partial charge is 0.457 e. The molecule has 0 fully saturated rings.